The Balaban J connectivity index is 1.50. The van der Waals surface area contributed by atoms with Crippen molar-refractivity contribution in [3.8, 4) is 27.9 Å². The highest BCUT2D eigenvalue weighted by molar-refractivity contribution is 6.31. The van der Waals surface area contributed by atoms with Crippen molar-refractivity contribution in [3.05, 3.63) is 90.0 Å². The van der Waals surface area contributed by atoms with Crippen molar-refractivity contribution in [2.24, 2.45) is 0 Å². The Morgan fingerprint density at radius 1 is 1.00 bits per heavy atom. The van der Waals surface area contributed by atoms with E-state index in [2.05, 4.69) is 35.3 Å². The highest BCUT2D eigenvalue weighted by Gasteiger charge is 2.21. The lowest BCUT2D eigenvalue weighted by molar-refractivity contribution is -0.130. The predicted molar refractivity (Wildman–Crippen MR) is 127 cm³/mol. The number of hydrogen-bond donors (Lipinski definition) is 0. The molecule has 0 fully saturated rings. The zero-order valence-electron chi connectivity index (χ0n) is 19.3. The number of ether oxygens (including phenoxy) is 1. The molecule has 0 aliphatic rings. The Labute approximate surface area is 217 Å². The third-order valence-electron chi connectivity index (χ3n) is 5.72. The number of nitrogens with zero attached hydrogens (tertiary/aromatic N) is 8. The number of tetrazole rings is 1. The standard InChI is InChI=1S/C24H17ClF4N8O/c25-17-2-4-21(37-13-32-34-35-37)22(23(17)27)14-1-3-19(31-9-14)20(6-8-38-24(28)29)36-12-15(10-33-36)16-5-7-30-11-18(16)26/h1-5,7,9-13,20,24H,6,8H2. The molecule has 14 heteroatoms. The van der Waals surface area contributed by atoms with E-state index in [0.29, 0.717) is 22.5 Å². The van der Waals surface area contributed by atoms with E-state index in [1.165, 1.54) is 46.4 Å². The molecule has 0 aliphatic carbocycles. The molecule has 5 aromatic rings. The van der Waals surface area contributed by atoms with E-state index in [-0.39, 0.29) is 29.2 Å². The Bertz CT molecular complexity index is 1530. The molecule has 4 aromatic heterocycles. The van der Waals surface area contributed by atoms with Crippen molar-refractivity contribution in [3.63, 3.8) is 0 Å². The molecule has 0 N–H and O–H groups in total. The molecule has 5 rings (SSSR count). The number of benzene rings is 1. The Kier molecular flexibility index (Phi) is 7.38. The molecule has 0 amide bonds. The molecule has 9 nitrogen and oxygen atoms in total. The molecule has 4 heterocycles. The fourth-order valence-electron chi connectivity index (χ4n) is 3.97. The van der Waals surface area contributed by atoms with Gasteiger partial charge in [-0.05, 0) is 41.1 Å². The summed E-state index contributed by atoms with van der Waals surface area (Å²) < 4.78 is 61.9. The molecular weight excluding hydrogens is 528 g/mol. The molecule has 0 bridgehead atoms. The van der Waals surface area contributed by atoms with Crippen LogP contribution in [0.5, 0.6) is 0 Å². The first kappa shape index (κ1) is 25.4. The minimum absolute atomic E-state index is 0.0814. The van der Waals surface area contributed by atoms with Gasteiger partial charge in [0, 0.05) is 40.8 Å². The largest absolute Gasteiger partial charge is 0.345 e. The Hall–Kier alpha value is -4.23. The van der Waals surface area contributed by atoms with Crippen LogP contribution >= 0.6 is 11.6 Å². The third kappa shape index (κ3) is 5.24. The Morgan fingerprint density at radius 3 is 2.58 bits per heavy atom. The number of hydrogen-bond acceptors (Lipinski definition) is 7. The molecular formula is C24H17ClF4N8O. The van der Waals surface area contributed by atoms with Crippen LogP contribution in [0.4, 0.5) is 17.6 Å². The quantitative estimate of drug-likeness (QED) is 0.237. The van der Waals surface area contributed by atoms with Crippen LogP contribution in [0.25, 0.3) is 27.9 Å². The third-order valence-corrected chi connectivity index (χ3v) is 6.02. The van der Waals surface area contributed by atoms with Gasteiger partial charge in [0.25, 0.3) is 0 Å². The monoisotopic (exact) mass is 544 g/mol. The van der Waals surface area contributed by atoms with E-state index in [1.807, 2.05) is 0 Å². The fourth-order valence-corrected chi connectivity index (χ4v) is 4.13. The van der Waals surface area contributed by atoms with E-state index >= 15 is 4.39 Å². The van der Waals surface area contributed by atoms with Crippen LogP contribution in [-0.4, -0.2) is 53.2 Å². The lowest BCUT2D eigenvalue weighted by Crippen LogP contribution is -2.16. The van der Waals surface area contributed by atoms with Crippen LogP contribution < -0.4 is 0 Å². The van der Waals surface area contributed by atoms with Crippen molar-refractivity contribution in [2.45, 2.75) is 19.1 Å². The van der Waals surface area contributed by atoms with Crippen LogP contribution in [0.1, 0.15) is 18.2 Å². The maximum absolute atomic E-state index is 15.1. The summed E-state index contributed by atoms with van der Waals surface area (Å²) in [6.07, 6.45) is 8.38. The summed E-state index contributed by atoms with van der Waals surface area (Å²) in [5.74, 6) is -1.22. The van der Waals surface area contributed by atoms with Crippen molar-refractivity contribution in [2.75, 3.05) is 6.61 Å². The molecule has 0 aliphatic heterocycles. The lowest BCUT2D eigenvalue weighted by Gasteiger charge is -2.18. The molecule has 0 spiro atoms. The van der Waals surface area contributed by atoms with E-state index in [9.17, 15) is 13.2 Å². The first-order chi connectivity index (χ1) is 18.4. The van der Waals surface area contributed by atoms with Crippen LogP contribution in [0.2, 0.25) is 5.02 Å². The zero-order chi connectivity index (χ0) is 26.6. The summed E-state index contributed by atoms with van der Waals surface area (Å²) in [6.45, 7) is -3.24. The Morgan fingerprint density at radius 2 is 1.87 bits per heavy atom. The van der Waals surface area contributed by atoms with E-state index in [1.54, 1.807) is 24.4 Å². The van der Waals surface area contributed by atoms with Crippen molar-refractivity contribution >= 4 is 11.6 Å². The number of alkyl halides is 2. The fraction of sp³-hybridized carbons (Fsp3) is 0.167. The number of aromatic nitrogens is 8. The topological polar surface area (TPSA) is 96.4 Å². The highest BCUT2D eigenvalue weighted by Crippen LogP contribution is 2.34. The van der Waals surface area contributed by atoms with Crippen molar-refractivity contribution in [1.82, 2.24) is 40.0 Å². The summed E-state index contributed by atoms with van der Waals surface area (Å²) in [4.78, 5) is 8.20. The molecule has 0 saturated carbocycles. The van der Waals surface area contributed by atoms with Gasteiger partial charge in [-0.1, -0.05) is 17.7 Å². The first-order valence-electron chi connectivity index (χ1n) is 11.1. The van der Waals surface area contributed by atoms with Crippen molar-refractivity contribution < 1.29 is 22.3 Å². The second kappa shape index (κ2) is 11.0. The molecule has 1 unspecified atom stereocenters. The highest BCUT2D eigenvalue weighted by atomic mass is 35.5. The molecule has 0 saturated heterocycles. The summed E-state index contributed by atoms with van der Waals surface area (Å²) in [5.41, 5.74) is 2.02. The normalized spacial score (nSPS) is 12.3. The molecule has 0 radical (unpaired) electrons. The summed E-state index contributed by atoms with van der Waals surface area (Å²) in [5, 5.41) is 15.2. The summed E-state index contributed by atoms with van der Waals surface area (Å²) in [6, 6.07) is 7.03. The van der Waals surface area contributed by atoms with Gasteiger partial charge in [0.05, 0.1) is 41.4 Å². The van der Waals surface area contributed by atoms with E-state index < -0.39 is 24.3 Å². The van der Waals surface area contributed by atoms with Crippen LogP contribution in [0.15, 0.2) is 67.6 Å². The van der Waals surface area contributed by atoms with Gasteiger partial charge in [0.2, 0.25) is 0 Å². The average molecular weight is 545 g/mol. The summed E-state index contributed by atoms with van der Waals surface area (Å²) >= 11 is 6.03. The van der Waals surface area contributed by atoms with Gasteiger partial charge in [0.15, 0.2) is 5.82 Å². The van der Waals surface area contributed by atoms with E-state index in [4.69, 9.17) is 11.6 Å². The van der Waals surface area contributed by atoms with Crippen molar-refractivity contribution in [1.29, 1.82) is 0 Å². The minimum Gasteiger partial charge on any atom is -0.323 e. The molecule has 194 valence electrons. The predicted octanol–water partition coefficient (Wildman–Crippen LogP) is 5.13. The van der Waals surface area contributed by atoms with Crippen LogP contribution in [-0.2, 0) is 4.74 Å². The van der Waals surface area contributed by atoms with Gasteiger partial charge in [-0.25, -0.2) is 8.78 Å². The van der Waals surface area contributed by atoms with Gasteiger partial charge in [0.1, 0.15) is 12.1 Å². The average Bonchev–Trinajstić information content (AvgIpc) is 3.62. The number of pyridine rings is 2. The second-order valence-electron chi connectivity index (χ2n) is 7.98. The van der Waals surface area contributed by atoms with Crippen LogP contribution in [0.3, 0.4) is 0 Å². The SMILES string of the molecule is Fc1cnccc1-c1cnn(C(CCOC(F)F)c2ccc(-c3c(-n4cnnn4)ccc(Cl)c3F)cn2)c1. The maximum atomic E-state index is 15.1. The zero-order valence-corrected chi connectivity index (χ0v) is 20.1. The van der Waals surface area contributed by atoms with Gasteiger partial charge in [-0.3, -0.25) is 14.6 Å². The first-order valence-corrected chi connectivity index (χ1v) is 11.5. The van der Waals surface area contributed by atoms with Crippen LogP contribution in [0, 0.1) is 11.6 Å². The van der Waals surface area contributed by atoms with Gasteiger partial charge in [-0.2, -0.15) is 18.6 Å². The molecule has 38 heavy (non-hydrogen) atoms. The summed E-state index contributed by atoms with van der Waals surface area (Å²) in [7, 11) is 0. The molecule has 1 aromatic carbocycles. The number of halogens is 5. The van der Waals surface area contributed by atoms with Gasteiger partial charge in [-0.15, -0.1) is 5.10 Å². The second-order valence-corrected chi connectivity index (χ2v) is 8.39. The minimum atomic E-state index is -2.94. The van der Waals surface area contributed by atoms with E-state index in [0.717, 1.165) is 6.20 Å². The smallest absolute Gasteiger partial charge is 0.323 e. The van der Waals surface area contributed by atoms with Gasteiger partial charge >= 0.3 is 6.61 Å². The van der Waals surface area contributed by atoms with Gasteiger partial charge < -0.3 is 4.74 Å². The lowest BCUT2D eigenvalue weighted by atomic mass is 10.0. The maximum Gasteiger partial charge on any atom is 0.345 e. The molecule has 1 atom stereocenters. The number of rotatable bonds is 9.